The van der Waals surface area contributed by atoms with Crippen molar-refractivity contribution in [1.29, 1.82) is 0 Å². The monoisotopic (exact) mass is 200 g/mol. The lowest BCUT2D eigenvalue weighted by Gasteiger charge is -2.20. The first kappa shape index (κ1) is 13.4. The lowest BCUT2D eigenvalue weighted by atomic mass is 10.0. The molecular weight excluding hydrogens is 176 g/mol. The number of nitrogens with one attached hydrogen (secondary N) is 1. The zero-order valence-corrected chi connectivity index (χ0v) is 9.68. The number of rotatable bonds is 8. The Hall–Kier alpha value is -0.570. The quantitative estimate of drug-likeness (QED) is 0.586. The number of unbranched alkanes of at least 4 members (excludes halogenated alkanes) is 1. The van der Waals surface area contributed by atoms with Crippen LogP contribution in [-0.4, -0.2) is 18.5 Å². The summed E-state index contributed by atoms with van der Waals surface area (Å²) in [6.45, 7) is 7.64. The molecule has 0 radical (unpaired) electrons. The van der Waals surface area contributed by atoms with Gasteiger partial charge in [-0.15, -0.1) is 0 Å². The second-order valence-electron chi connectivity index (χ2n) is 4.14. The first-order valence-electron chi connectivity index (χ1n) is 5.59. The highest BCUT2D eigenvalue weighted by Gasteiger charge is 2.08. The van der Waals surface area contributed by atoms with E-state index >= 15 is 0 Å². The van der Waals surface area contributed by atoms with Gasteiger partial charge in [0.1, 0.15) is 0 Å². The number of hydrogen-bond donors (Lipinski definition) is 2. The molecule has 0 aromatic rings. The Kier molecular flexibility index (Phi) is 7.48. The van der Waals surface area contributed by atoms with Gasteiger partial charge in [-0.25, -0.2) is 0 Å². The van der Waals surface area contributed by atoms with Crippen LogP contribution in [0.3, 0.4) is 0 Å². The highest BCUT2D eigenvalue weighted by atomic mass is 16.1. The maximum absolute atomic E-state index is 10.5. The first-order valence-corrected chi connectivity index (χ1v) is 5.59. The molecule has 84 valence electrons. The third kappa shape index (κ3) is 6.89. The molecule has 0 spiro atoms. The molecule has 3 N–H and O–H groups in total. The van der Waals surface area contributed by atoms with Gasteiger partial charge in [-0.2, -0.15) is 0 Å². The molecule has 0 rings (SSSR count). The summed E-state index contributed by atoms with van der Waals surface area (Å²) < 4.78 is 0. The molecular formula is C11H24N2O. The lowest BCUT2D eigenvalue weighted by molar-refractivity contribution is -0.118. The Labute approximate surface area is 87.4 Å². The van der Waals surface area contributed by atoms with Crippen molar-refractivity contribution >= 4 is 5.91 Å². The molecule has 0 saturated carbocycles. The largest absolute Gasteiger partial charge is 0.370 e. The van der Waals surface area contributed by atoms with E-state index in [4.69, 9.17) is 5.73 Å². The van der Waals surface area contributed by atoms with Gasteiger partial charge in [0.2, 0.25) is 5.91 Å². The van der Waals surface area contributed by atoms with Gasteiger partial charge in [0.25, 0.3) is 0 Å². The van der Waals surface area contributed by atoms with Crippen molar-refractivity contribution in [3.63, 3.8) is 0 Å². The van der Waals surface area contributed by atoms with E-state index in [1.54, 1.807) is 0 Å². The number of carbonyl (C=O) groups excluding carboxylic acids is 1. The zero-order chi connectivity index (χ0) is 11.0. The fourth-order valence-corrected chi connectivity index (χ4v) is 1.56. The predicted molar refractivity (Wildman–Crippen MR) is 60.0 cm³/mol. The van der Waals surface area contributed by atoms with E-state index in [2.05, 4.69) is 26.1 Å². The minimum Gasteiger partial charge on any atom is -0.370 e. The van der Waals surface area contributed by atoms with Crippen molar-refractivity contribution in [2.75, 3.05) is 6.54 Å². The molecule has 14 heavy (non-hydrogen) atoms. The average molecular weight is 200 g/mol. The van der Waals surface area contributed by atoms with Crippen molar-refractivity contribution in [1.82, 2.24) is 5.32 Å². The third-order valence-electron chi connectivity index (χ3n) is 2.50. The Morgan fingerprint density at radius 1 is 1.36 bits per heavy atom. The summed E-state index contributed by atoms with van der Waals surface area (Å²) in [6.07, 6.45) is 3.61. The van der Waals surface area contributed by atoms with Gasteiger partial charge >= 0.3 is 0 Å². The molecule has 0 fully saturated rings. The van der Waals surface area contributed by atoms with Gasteiger partial charge < -0.3 is 11.1 Å². The molecule has 0 heterocycles. The molecule has 0 bridgehead atoms. The molecule has 0 saturated heterocycles. The van der Waals surface area contributed by atoms with Crippen LogP contribution in [0, 0.1) is 5.92 Å². The second kappa shape index (κ2) is 7.80. The van der Waals surface area contributed by atoms with E-state index in [9.17, 15) is 4.79 Å². The van der Waals surface area contributed by atoms with Crippen molar-refractivity contribution < 1.29 is 4.79 Å². The SMILES string of the molecule is CCC(NCCCCC(N)=O)C(C)C. The molecule has 3 heteroatoms. The van der Waals surface area contributed by atoms with Crippen LogP contribution in [0.25, 0.3) is 0 Å². The van der Waals surface area contributed by atoms with E-state index in [0.717, 1.165) is 25.8 Å². The molecule has 1 atom stereocenters. The summed E-state index contributed by atoms with van der Waals surface area (Å²) in [5.41, 5.74) is 5.05. The van der Waals surface area contributed by atoms with Crippen LogP contribution in [0.1, 0.15) is 46.5 Å². The topological polar surface area (TPSA) is 55.1 Å². The van der Waals surface area contributed by atoms with Crippen LogP contribution in [0.4, 0.5) is 0 Å². The number of hydrogen-bond acceptors (Lipinski definition) is 2. The van der Waals surface area contributed by atoms with Crippen molar-refractivity contribution in [2.24, 2.45) is 11.7 Å². The summed E-state index contributed by atoms with van der Waals surface area (Å²) in [5.74, 6) is 0.483. The van der Waals surface area contributed by atoms with Crippen LogP contribution >= 0.6 is 0 Å². The Morgan fingerprint density at radius 3 is 2.43 bits per heavy atom. The number of primary amides is 1. The van der Waals surface area contributed by atoms with Crippen molar-refractivity contribution in [2.45, 2.75) is 52.5 Å². The molecule has 1 unspecified atom stereocenters. The predicted octanol–water partition coefficient (Wildman–Crippen LogP) is 1.67. The van der Waals surface area contributed by atoms with E-state index < -0.39 is 0 Å². The molecule has 0 aliphatic rings. The number of carbonyl (C=O) groups is 1. The van der Waals surface area contributed by atoms with Crippen LogP contribution in [-0.2, 0) is 4.79 Å². The lowest BCUT2D eigenvalue weighted by Crippen LogP contribution is -2.33. The van der Waals surface area contributed by atoms with Crippen molar-refractivity contribution in [3.05, 3.63) is 0 Å². The Morgan fingerprint density at radius 2 is 2.00 bits per heavy atom. The molecule has 0 aliphatic heterocycles. The van der Waals surface area contributed by atoms with E-state index in [0.29, 0.717) is 18.4 Å². The fourth-order valence-electron chi connectivity index (χ4n) is 1.56. The van der Waals surface area contributed by atoms with Gasteiger partial charge in [0, 0.05) is 12.5 Å². The van der Waals surface area contributed by atoms with E-state index in [1.165, 1.54) is 0 Å². The minimum atomic E-state index is -0.194. The van der Waals surface area contributed by atoms with E-state index in [1.807, 2.05) is 0 Å². The normalized spacial score (nSPS) is 13.1. The summed E-state index contributed by atoms with van der Waals surface area (Å²) in [7, 11) is 0. The second-order valence-corrected chi connectivity index (χ2v) is 4.14. The van der Waals surface area contributed by atoms with Crippen LogP contribution in [0.5, 0.6) is 0 Å². The van der Waals surface area contributed by atoms with E-state index in [-0.39, 0.29) is 5.91 Å². The maximum atomic E-state index is 10.5. The van der Waals surface area contributed by atoms with Gasteiger partial charge in [-0.05, 0) is 31.7 Å². The number of amides is 1. The van der Waals surface area contributed by atoms with Crippen LogP contribution in [0.2, 0.25) is 0 Å². The standard InChI is InChI=1S/C11H24N2O/c1-4-10(9(2)3)13-8-6-5-7-11(12)14/h9-10,13H,4-8H2,1-3H3,(H2,12,14). The molecule has 1 amide bonds. The molecule has 0 aliphatic carbocycles. The summed E-state index contributed by atoms with van der Waals surface area (Å²) >= 11 is 0. The summed E-state index contributed by atoms with van der Waals surface area (Å²) in [5, 5.41) is 3.49. The molecule has 0 aromatic carbocycles. The highest BCUT2D eigenvalue weighted by Crippen LogP contribution is 2.05. The summed E-state index contributed by atoms with van der Waals surface area (Å²) in [6, 6.07) is 0.601. The van der Waals surface area contributed by atoms with Crippen LogP contribution < -0.4 is 11.1 Å². The summed E-state index contributed by atoms with van der Waals surface area (Å²) in [4.78, 5) is 10.5. The first-order chi connectivity index (χ1) is 6.57. The van der Waals surface area contributed by atoms with Crippen molar-refractivity contribution in [3.8, 4) is 0 Å². The van der Waals surface area contributed by atoms with Gasteiger partial charge in [-0.3, -0.25) is 4.79 Å². The Bertz CT molecular complexity index is 157. The molecule has 3 nitrogen and oxygen atoms in total. The van der Waals surface area contributed by atoms with Crippen LogP contribution in [0.15, 0.2) is 0 Å². The maximum Gasteiger partial charge on any atom is 0.217 e. The minimum absolute atomic E-state index is 0.194. The molecule has 0 aromatic heterocycles. The van der Waals surface area contributed by atoms with Gasteiger partial charge in [0.15, 0.2) is 0 Å². The average Bonchev–Trinajstić information content (AvgIpc) is 2.10. The third-order valence-corrected chi connectivity index (χ3v) is 2.50. The smallest absolute Gasteiger partial charge is 0.217 e. The fraction of sp³-hybridized carbons (Fsp3) is 0.909. The van der Waals surface area contributed by atoms with Gasteiger partial charge in [0.05, 0.1) is 0 Å². The zero-order valence-electron chi connectivity index (χ0n) is 9.68. The van der Waals surface area contributed by atoms with Gasteiger partial charge in [-0.1, -0.05) is 20.8 Å². The Balaban J connectivity index is 3.38. The highest BCUT2D eigenvalue weighted by molar-refractivity contribution is 5.73. The number of nitrogens with two attached hydrogens (primary N) is 1.